The van der Waals surface area contributed by atoms with Gasteiger partial charge in [0.15, 0.2) is 0 Å². The predicted octanol–water partition coefficient (Wildman–Crippen LogP) is 2.14. The Morgan fingerprint density at radius 2 is 2.33 bits per heavy atom. The molecule has 0 amide bonds. The molecule has 2 rings (SSSR count). The number of aromatic nitrogens is 3. The Balaban J connectivity index is 2.28. The van der Waals surface area contributed by atoms with Crippen molar-refractivity contribution in [3.8, 4) is 0 Å². The van der Waals surface area contributed by atoms with E-state index in [9.17, 15) is 5.11 Å². The zero-order valence-electron chi connectivity index (χ0n) is 10.1. The third-order valence-corrected chi connectivity index (χ3v) is 4.08. The van der Waals surface area contributed by atoms with Crippen LogP contribution in [-0.2, 0) is 11.3 Å². The first kappa shape index (κ1) is 13.7. The van der Waals surface area contributed by atoms with Gasteiger partial charge < -0.3 is 9.84 Å². The molecule has 0 aromatic carbocycles. The number of aliphatic hydroxyl groups excluding tert-OH is 1. The van der Waals surface area contributed by atoms with Crippen LogP contribution in [0, 0.1) is 6.92 Å². The van der Waals surface area contributed by atoms with Crippen molar-refractivity contribution >= 4 is 27.3 Å². The fraction of sp³-hybridized carbons (Fsp3) is 0.455. The van der Waals surface area contributed by atoms with Crippen molar-refractivity contribution in [2.24, 2.45) is 0 Å². The van der Waals surface area contributed by atoms with Gasteiger partial charge in [-0.25, -0.2) is 4.98 Å². The van der Waals surface area contributed by atoms with E-state index in [4.69, 9.17) is 4.74 Å². The van der Waals surface area contributed by atoms with Crippen molar-refractivity contribution in [1.29, 1.82) is 0 Å². The summed E-state index contributed by atoms with van der Waals surface area (Å²) >= 11 is 4.89. The normalized spacial score (nSPS) is 12.9. The van der Waals surface area contributed by atoms with Crippen LogP contribution in [0.15, 0.2) is 16.9 Å². The van der Waals surface area contributed by atoms with E-state index in [0.29, 0.717) is 13.2 Å². The highest BCUT2D eigenvalue weighted by molar-refractivity contribution is 9.10. The number of hydrogen-bond donors (Lipinski definition) is 1. The Labute approximate surface area is 118 Å². The lowest BCUT2D eigenvalue weighted by Gasteiger charge is -2.12. The number of methoxy groups -OCH3 is 1. The SMILES string of the molecule is COCCn1ncc(Br)c1C(O)c1cnc(C)s1. The van der Waals surface area contributed by atoms with Gasteiger partial charge in [-0.05, 0) is 22.9 Å². The van der Waals surface area contributed by atoms with Crippen molar-refractivity contribution in [2.75, 3.05) is 13.7 Å². The lowest BCUT2D eigenvalue weighted by molar-refractivity contribution is 0.172. The van der Waals surface area contributed by atoms with Crippen LogP contribution in [0.25, 0.3) is 0 Å². The molecule has 2 aromatic heterocycles. The highest BCUT2D eigenvalue weighted by Crippen LogP contribution is 2.31. The molecule has 0 fully saturated rings. The van der Waals surface area contributed by atoms with Crippen LogP contribution >= 0.6 is 27.3 Å². The molecular formula is C11H14BrN3O2S. The first-order valence-corrected chi connectivity index (χ1v) is 7.05. The van der Waals surface area contributed by atoms with Crippen LogP contribution in [0.4, 0.5) is 0 Å². The largest absolute Gasteiger partial charge is 0.383 e. The van der Waals surface area contributed by atoms with Crippen LogP contribution in [0.5, 0.6) is 0 Å². The van der Waals surface area contributed by atoms with Crippen LogP contribution in [0.3, 0.4) is 0 Å². The molecular weight excluding hydrogens is 318 g/mol. The first-order chi connectivity index (χ1) is 8.63. The van der Waals surface area contributed by atoms with E-state index >= 15 is 0 Å². The van der Waals surface area contributed by atoms with Gasteiger partial charge in [0.1, 0.15) is 6.10 Å². The quantitative estimate of drug-likeness (QED) is 0.911. The third-order valence-electron chi connectivity index (χ3n) is 2.51. The second-order valence-electron chi connectivity index (χ2n) is 3.78. The second kappa shape index (κ2) is 5.92. The second-order valence-corrected chi connectivity index (χ2v) is 5.90. The molecule has 0 radical (unpaired) electrons. The minimum atomic E-state index is -0.718. The lowest BCUT2D eigenvalue weighted by atomic mass is 10.2. The Morgan fingerprint density at radius 3 is 2.94 bits per heavy atom. The van der Waals surface area contributed by atoms with E-state index in [2.05, 4.69) is 26.0 Å². The van der Waals surface area contributed by atoms with Crippen LogP contribution in [0.2, 0.25) is 0 Å². The fourth-order valence-electron chi connectivity index (χ4n) is 1.64. The number of thiazole rings is 1. The lowest BCUT2D eigenvalue weighted by Crippen LogP contribution is -2.13. The smallest absolute Gasteiger partial charge is 0.132 e. The van der Waals surface area contributed by atoms with Crippen molar-refractivity contribution in [1.82, 2.24) is 14.8 Å². The molecule has 0 bridgehead atoms. The molecule has 1 N–H and O–H groups in total. The fourth-order valence-corrected chi connectivity index (χ4v) is 2.93. The van der Waals surface area contributed by atoms with E-state index in [1.54, 1.807) is 24.2 Å². The van der Waals surface area contributed by atoms with Gasteiger partial charge in [0.25, 0.3) is 0 Å². The topological polar surface area (TPSA) is 60.2 Å². The Kier molecular flexibility index (Phi) is 4.50. The van der Waals surface area contributed by atoms with Crippen LogP contribution in [0.1, 0.15) is 21.7 Å². The third kappa shape index (κ3) is 2.80. The number of aliphatic hydroxyl groups is 1. The Morgan fingerprint density at radius 1 is 1.56 bits per heavy atom. The van der Waals surface area contributed by atoms with Gasteiger partial charge in [0, 0.05) is 13.3 Å². The summed E-state index contributed by atoms with van der Waals surface area (Å²) in [5.41, 5.74) is 0.732. The minimum absolute atomic E-state index is 0.551. The van der Waals surface area contributed by atoms with Gasteiger partial charge in [-0.15, -0.1) is 11.3 Å². The maximum atomic E-state index is 10.4. The average Bonchev–Trinajstić information content (AvgIpc) is 2.92. The van der Waals surface area contributed by atoms with Crippen LogP contribution in [-0.4, -0.2) is 33.6 Å². The van der Waals surface area contributed by atoms with E-state index in [1.807, 2.05) is 6.92 Å². The number of rotatable bonds is 5. The number of halogens is 1. The molecule has 0 aliphatic rings. The number of aryl methyl sites for hydroxylation is 1. The summed E-state index contributed by atoms with van der Waals surface area (Å²) in [5, 5.41) is 15.5. The summed E-state index contributed by atoms with van der Waals surface area (Å²) in [5.74, 6) is 0. The Hall–Kier alpha value is -0.760. The summed E-state index contributed by atoms with van der Waals surface area (Å²) in [7, 11) is 1.64. The van der Waals surface area contributed by atoms with E-state index < -0.39 is 6.10 Å². The van der Waals surface area contributed by atoms with Crippen molar-refractivity contribution in [3.63, 3.8) is 0 Å². The van der Waals surface area contributed by atoms with Gasteiger partial charge in [0.2, 0.25) is 0 Å². The van der Waals surface area contributed by atoms with Crippen molar-refractivity contribution < 1.29 is 9.84 Å². The number of nitrogens with zero attached hydrogens (tertiary/aromatic N) is 3. The summed E-state index contributed by atoms with van der Waals surface area (Å²) in [6.45, 7) is 3.07. The van der Waals surface area contributed by atoms with Gasteiger partial charge in [0.05, 0.1) is 39.4 Å². The molecule has 18 heavy (non-hydrogen) atoms. The molecule has 7 heteroatoms. The maximum absolute atomic E-state index is 10.4. The zero-order chi connectivity index (χ0) is 13.1. The van der Waals surface area contributed by atoms with E-state index in [0.717, 1.165) is 20.1 Å². The van der Waals surface area contributed by atoms with E-state index in [-0.39, 0.29) is 0 Å². The molecule has 98 valence electrons. The minimum Gasteiger partial charge on any atom is -0.383 e. The zero-order valence-corrected chi connectivity index (χ0v) is 12.5. The monoisotopic (exact) mass is 331 g/mol. The summed E-state index contributed by atoms with van der Waals surface area (Å²) in [4.78, 5) is 4.97. The summed E-state index contributed by atoms with van der Waals surface area (Å²) in [6, 6.07) is 0. The maximum Gasteiger partial charge on any atom is 0.132 e. The highest BCUT2D eigenvalue weighted by Gasteiger charge is 2.21. The Bertz CT molecular complexity index is 526. The molecule has 0 aliphatic carbocycles. The molecule has 0 saturated carbocycles. The average molecular weight is 332 g/mol. The standard InChI is InChI=1S/C11H14BrN3O2S/c1-7-13-6-9(18-7)11(16)10-8(12)5-14-15(10)3-4-17-2/h5-6,11,16H,3-4H2,1-2H3. The van der Waals surface area contributed by atoms with Gasteiger partial charge in [-0.3, -0.25) is 4.68 Å². The first-order valence-electron chi connectivity index (χ1n) is 5.44. The van der Waals surface area contributed by atoms with Gasteiger partial charge >= 0.3 is 0 Å². The number of hydrogen-bond acceptors (Lipinski definition) is 5. The van der Waals surface area contributed by atoms with E-state index in [1.165, 1.54) is 11.3 Å². The molecule has 5 nitrogen and oxygen atoms in total. The van der Waals surface area contributed by atoms with Crippen molar-refractivity contribution in [3.05, 3.63) is 32.4 Å². The molecule has 0 saturated heterocycles. The molecule has 2 aromatic rings. The number of ether oxygens (including phenoxy) is 1. The molecule has 1 unspecified atom stereocenters. The molecule has 0 spiro atoms. The summed E-state index contributed by atoms with van der Waals surface area (Å²) in [6.07, 6.45) is 2.66. The molecule has 1 atom stereocenters. The van der Waals surface area contributed by atoms with Crippen molar-refractivity contribution in [2.45, 2.75) is 19.6 Å². The molecule has 0 aliphatic heterocycles. The molecule has 2 heterocycles. The predicted molar refractivity (Wildman–Crippen MR) is 72.7 cm³/mol. The van der Waals surface area contributed by atoms with Gasteiger partial charge in [-0.1, -0.05) is 0 Å². The van der Waals surface area contributed by atoms with Gasteiger partial charge in [-0.2, -0.15) is 5.10 Å². The highest BCUT2D eigenvalue weighted by atomic mass is 79.9. The summed E-state index contributed by atoms with van der Waals surface area (Å²) < 4.78 is 7.56. The van der Waals surface area contributed by atoms with Crippen LogP contribution < -0.4 is 0 Å².